The van der Waals surface area contributed by atoms with Gasteiger partial charge in [0.15, 0.2) is 0 Å². The summed E-state index contributed by atoms with van der Waals surface area (Å²) in [5.41, 5.74) is -0.560. The summed E-state index contributed by atoms with van der Waals surface area (Å²) in [6, 6.07) is 7.47. The van der Waals surface area contributed by atoms with Crippen LogP contribution in [0.4, 0.5) is 0 Å². The molecular weight excluding hydrogens is 460 g/mol. The van der Waals surface area contributed by atoms with Crippen LogP contribution in [0.15, 0.2) is 41.8 Å². The van der Waals surface area contributed by atoms with Gasteiger partial charge in [0, 0.05) is 28.1 Å². The zero-order valence-electron chi connectivity index (χ0n) is 21.5. The highest BCUT2D eigenvalue weighted by molar-refractivity contribution is 8.00. The summed E-state index contributed by atoms with van der Waals surface area (Å²) in [6.07, 6.45) is 4.34. The van der Waals surface area contributed by atoms with Crippen molar-refractivity contribution in [1.29, 1.82) is 0 Å². The first-order valence-electron chi connectivity index (χ1n) is 12.9. The molecule has 0 heterocycles. The van der Waals surface area contributed by atoms with E-state index in [4.69, 9.17) is 4.74 Å². The average Bonchev–Trinajstić information content (AvgIpc) is 3.21. The van der Waals surface area contributed by atoms with Crippen molar-refractivity contribution in [3.8, 4) is 0 Å². The van der Waals surface area contributed by atoms with Crippen LogP contribution in [0.5, 0.6) is 0 Å². The van der Waals surface area contributed by atoms with Crippen LogP contribution in [0.2, 0.25) is 0 Å². The van der Waals surface area contributed by atoms with Crippen molar-refractivity contribution in [3.63, 3.8) is 0 Å². The van der Waals surface area contributed by atoms with E-state index in [1.54, 1.807) is 0 Å². The number of aliphatic hydroxyl groups excluding tert-OH is 2. The van der Waals surface area contributed by atoms with Crippen molar-refractivity contribution in [2.75, 3.05) is 5.75 Å². The number of thioether (sulfide) groups is 1. The summed E-state index contributed by atoms with van der Waals surface area (Å²) >= 11 is 1.40. The molecular formula is C29H40O5S. The van der Waals surface area contributed by atoms with E-state index in [1.165, 1.54) is 11.8 Å². The van der Waals surface area contributed by atoms with Gasteiger partial charge in [-0.15, -0.1) is 18.3 Å². The van der Waals surface area contributed by atoms with Gasteiger partial charge in [-0.1, -0.05) is 45.9 Å². The molecule has 0 spiro atoms. The molecule has 0 amide bonds. The van der Waals surface area contributed by atoms with Gasteiger partial charge in [0.2, 0.25) is 0 Å². The zero-order valence-corrected chi connectivity index (χ0v) is 22.3. The van der Waals surface area contributed by atoms with Crippen molar-refractivity contribution in [2.24, 2.45) is 34.0 Å². The van der Waals surface area contributed by atoms with Crippen molar-refractivity contribution >= 4 is 23.5 Å². The predicted molar refractivity (Wildman–Crippen MR) is 138 cm³/mol. The second-order valence-corrected chi connectivity index (χ2v) is 12.7. The molecule has 8 unspecified atom stereocenters. The van der Waals surface area contributed by atoms with Gasteiger partial charge in [0.25, 0.3) is 0 Å². The van der Waals surface area contributed by atoms with E-state index >= 15 is 0 Å². The Morgan fingerprint density at radius 2 is 1.91 bits per heavy atom. The van der Waals surface area contributed by atoms with Crippen LogP contribution < -0.4 is 0 Å². The standard InChI is InChI=1S/C29H40O5S/c1-6-27(4)15-23(34-24(32)17-35-21-9-7-20(16-30)8-10-21)28(5)18(2)11-13-29(19(3)26(27)33)14-12-22(31)25(28)29/h6-10,18-19,23,25-26,30,33H,1,11-17H2,2-5H3. The smallest absolute Gasteiger partial charge is 0.316 e. The largest absolute Gasteiger partial charge is 0.461 e. The molecule has 0 saturated heterocycles. The summed E-state index contributed by atoms with van der Waals surface area (Å²) in [6.45, 7) is 12.5. The number of hydrogen-bond donors (Lipinski definition) is 2. The molecule has 1 aromatic carbocycles. The molecule has 3 aliphatic carbocycles. The Bertz CT molecular complexity index is 976. The highest BCUT2D eigenvalue weighted by atomic mass is 32.2. The molecule has 0 aromatic heterocycles. The number of Topliss-reactive ketones (excluding diaryl/α,β-unsaturated/α-hetero) is 1. The first-order chi connectivity index (χ1) is 16.5. The van der Waals surface area contributed by atoms with Gasteiger partial charge in [-0.25, -0.2) is 0 Å². The maximum atomic E-state index is 13.4. The summed E-state index contributed by atoms with van der Waals surface area (Å²) in [5, 5.41) is 20.8. The third-order valence-corrected chi connectivity index (χ3v) is 11.0. The Kier molecular flexibility index (Phi) is 7.31. The fraction of sp³-hybridized carbons (Fsp3) is 0.655. The molecule has 3 aliphatic rings. The summed E-state index contributed by atoms with van der Waals surface area (Å²) in [4.78, 5) is 27.6. The van der Waals surface area contributed by atoms with E-state index in [2.05, 4.69) is 27.4 Å². The minimum atomic E-state index is -0.660. The lowest BCUT2D eigenvalue weighted by atomic mass is 9.44. The van der Waals surface area contributed by atoms with Crippen LogP contribution in [-0.2, 0) is 20.9 Å². The van der Waals surface area contributed by atoms with E-state index in [9.17, 15) is 19.8 Å². The number of aliphatic hydroxyl groups is 2. The molecule has 192 valence electrons. The van der Waals surface area contributed by atoms with Gasteiger partial charge in [-0.3, -0.25) is 9.59 Å². The molecule has 3 fully saturated rings. The summed E-state index contributed by atoms with van der Waals surface area (Å²) in [7, 11) is 0. The van der Waals surface area contributed by atoms with Gasteiger partial charge in [-0.2, -0.15) is 0 Å². The highest BCUT2D eigenvalue weighted by Gasteiger charge is 2.68. The Morgan fingerprint density at radius 1 is 1.23 bits per heavy atom. The molecule has 0 aliphatic heterocycles. The van der Waals surface area contributed by atoms with E-state index < -0.39 is 23.0 Å². The topological polar surface area (TPSA) is 83.8 Å². The van der Waals surface area contributed by atoms with Crippen LogP contribution >= 0.6 is 11.8 Å². The van der Waals surface area contributed by atoms with Gasteiger partial charge in [0.1, 0.15) is 11.9 Å². The predicted octanol–water partition coefficient (Wildman–Crippen LogP) is 5.18. The molecule has 2 bridgehead atoms. The van der Waals surface area contributed by atoms with E-state index in [1.807, 2.05) is 37.3 Å². The number of ether oxygens (including phenoxy) is 1. The molecule has 2 N–H and O–H groups in total. The van der Waals surface area contributed by atoms with Gasteiger partial charge in [0.05, 0.1) is 18.5 Å². The number of esters is 1. The number of ketones is 1. The number of benzene rings is 1. The SMILES string of the molecule is C=CC1(C)CC(OC(=O)CSc2ccc(CO)cc2)C2(C)C(C)CCC3(CCC(=O)C32)C(C)C1O. The lowest BCUT2D eigenvalue weighted by Crippen LogP contribution is -2.63. The third kappa shape index (κ3) is 4.30. The van der Waals surface area contributed by atoms with Crippen LogP contribution in [0.25, 0.3) is 0 Å². The second kappa shape index (κ2) is 9.68. The van der Waals surface area contributed by atoms with E-state index in [0.717, 1.165) is 29.7 Å². The van der Waals surface area contributed by atoms with Gasteiger partial charge < -0.3 is 14.9 Å². The average molecular weight is 501 g/mol. The molecule has 3 saturated carbocycles. The first kappa shape index (κ1) is 26.4. The Morgan fingerprint density at radius 3 is 2.54 bits per heavy atom. The number of hydrogen-bond acceptors (Lipinski definition) is 6. The lowest BCUT2D eigenvalue weighted by Gasteiger charge is -2.61. The van der Waals surface area contributed by atoms with Crippen LogP contribution in [0.3, 0.4) is 0 Å². The molecule has 5 nitrogen and oxygen atoms in total. The normalized spacial score (nSPS) is 41.0. The lowest BCUT2D eigenvalue weighted by molar-refractivity contribution is -0.205. The molecule has 35 heavy (non-hydrogen) atoms. The Hall–Kier alpha value is -1.63. The second-order valence-electron chi connectivity index (χ2n) is 11.7. The Labute approximate surface area is 213 Å². The summed E-state index contributed by atoms with van der Waals surface area (Å²) in [5.74, 6) is 0.0794. The molecule has 0 radical (unpaired) electrons. The minimum Gasteiger partial charge on any atom is -0.461 e. The van der Waals surface area contributed by atoms with Crippen molar-refractivity contribution in [2.45, 2.75) is 83.5 Å². The quantitative estimate of drug-likeness (QED) is 0.318. The maximum absolute atomic E-state index is 13.4. The number of rotatable bonds is 6. The monoisotopic (exact) mass is 500 g/mol. The van der Waals surface area contributed by atoms with E-state index in [-0.39, 0.29) is 47.3 Å². The van der Waals surface area contributed by atoms with Crippen LogP contribution in [-0.4, -0.2) is 39.9 Å². The van der Waals surface area contributed by atoms with Crippen molar-refractivity contribution in [3.05, 3.63) is 42.5 Å². The zero-order chi connectivity index (χ0) is 25.6. The fourth-order valence-electron chi connectivity index (χ4n) is 7.53. The minimum absolute atomic E-state index is 0.0145. The van der Waals surface area contributed by atoms with Gasteiger partial charge >= 0.3 is 5.97 Å². The van der Waals surface area contributed by atoms with Crippen molar-refractivity contribution in [1.82, 2.24) is 0 Å². The maximum Gasteiger partial charge on any atom is 0.316 e. The highest BCUT2D eigenvalue weighted by Crippen LogP contribution is 2.68. The molecule has 6 heteroatoms. The Balaban J connectivity index is 1.65. The molecule has 4 rings (SSSR count). The van der Waals surface area contributed by atoms with Crippen LogP contribution in [0.1, 0.15) is 65.4 Å². The molecule has 1 aromatic rings. The summed E-state index contributed by atoms with van der Waals surface area (Å²) < 4.78 is 6.28. The van der Waals surface area contributed by atoms with E-state index in [0.29, 0.717) is 12.8 Å². The van der Waals surface area contributed by atoms with Gasteiger partial charge in [-0.05, 0) is 60.6 Å². The number of carbonyl (C=O) groups is 2. The number of carbonyl (C=O) groups excluding carboxylic acids is 2. The fourth-order valence-corrected chi connectivity index (χ4v) is 8.21. The first-order valence-corrected chi connectivity index (χ1v) is 13.9. The van der Waals surface area contributed by atoms with Crippen molar-refractivity contribution < 1.29 is 24.5 Å². The van der Waals surface area contributed by atoms with Crippen LogP contribution in [0, 0.1) is 34.0 Å². The third-order valence-electron chi connectivity index (χ3n) is 10.0. The molecule has 8 atom stereocenters.